The van der Waals surface area contributed by atoms with Crippen LogP contribution in [0.25, 0.3) is 0 Å². The molecule has 1 N–H and O–H groups in total. The quantitative estimate of drug-likeness (QED) is 0.892. The molecule has 3 rings (SSSR count). The summed E-state index contributed by atoms with van der Waals surface area (Å²) in [5.74, 6) is 0.355. The normalized spacial score (nSPS) is 20.7. The van der Waals surface area contributed by atoms with E-state index in [4.69, 9.17) is 9.47 Å². The molecule has 0 atom stereocenters. The molecule has 1 heterocycles. The summed E-state index contributed by atoms with van der Waals surface area (Å²) in [4.78, 5) is 11.8. The van der Waals surface area contributed by atoms with Crippen LogP contribution in [0.15, 0.2) is 24.3 Å². The Hall–Kier alpha value is -1.39. The van der Waals surface area contributed by atoms with E-state index in [2.05, 4.69) is 5.32 Å². The molecule has 0 bridgehead atoms. The number of ether oxygens (including phenoxy) is 2. The van der Waals surface area contributed by atoms with Crippen LogP contribution in [-0.2, 0) is 14.3 Å². The maximum Gasteiger partial charge on any atom is 0.227 e. The number of hydrogen-bond acceptors (Lipinski definition) is 3. The van der Waals surface area contributed by atoms with Crippen molar-refractivity contribution in [3.05, 3.63) is 29.8 Å². The summed E-state index contributed by atoms with van der Waals surface area (Å²) >= 11 is 0. The smallest absolute Gasteiger partial charge is 0.227 e. The minimum Gasteiger partial charge on any atom is -0.346 e. The first-order chi connectivity index (χ1) is 8.83. The highest BCUT2D eigenvalue weighted by Gasteiger charge is 2.25. The fourth-order valence-corrected chi connectivity index (χ4v) is 2.19. The third-order valence-electron chi connectivity index (χ3n) is 3.55. The lowest BCUT2D eigenvalue weighted by Gasteiger charge is -2.24. The van der Waals surface area contributed by atoms with E-state index in [0.29, 0.717) is 13.2 Å². The highest BCUT2D eigenvalue weighted by Crippen LogP contribution is 2.28. The first-order valence-corrected chi connectivity index (χ1v) is 6.47. The number of benzene rings is 1. The van der Waals surface area contributed by atoms with Gasteiger partial charge in [0.2, 0.25) is 5.91 Å². The Balaban J connectivity index is 1.61. The molecule has 1 aliphatic carbocycles. The van der Waals surface area contributed by atoms with Crippen LogP contribution < -0.4 is 5.32 Å². The summed E-state index contributed by atoms with van der Waals surface area (Å²) in [7, 11) is 0. The summed E-state index contributed by atoms with van der Waals surface area (Å²) < 4.78 is 10.8. The Morgan fingerprint density at radius 3 is 2.33 bits per heavy atom. The third kappa shape index (κ3) is 2.40. The molecule has 4 nitrogen and oxygen atoms in total. The third-order valence-corrected chi connectivity index (χ3v) is 3.55. The highest BCUT2D eigenvalue weighted by atomic mass is 16.7. The van der Waals surface area contributed by atoms with Crippen molar-refractivity contribution >= 4 is 11.6 Å². The number of carbonyl (C=O) groups is 1. The van der Waals surface area contributed by atoms with Gasteiger partial charge in [0, 0.05) is 17.2 Å². The molecule has 2 fully saturated rings. The second-order valence-electron chi connectivity index (χ2n) is 4.81. The van der Waals surface area contributed by atoms with Gasteiger partial charge in [0.05, 0.1) is 13.2 Å². The molecule has 2 aliphatic rings. The van der Waals surface area contributed by atoms with Crippen LogP contribution in [0, 0.1) is 5.92 Å². The van der Waals surface area contributed by atoms with Gasteiger partial charge in [0.1, 0.15) is 0 Å². The molecule has 1 amide bonds. The SMILES string of the molecule is O=C(Nc1ccc(C2OCCO2)cc1)C1CCC1. The molecule has 1 aliphatic heterocycles. The Labute approximate surface area is 106 Å². The first-order valence-electron chi connectivity index (χ1n) is 6.47. The summed E-state index contributed by atoms with van der Waals surface area (Å²) in [5.41, 5.74) is 1.84. The second-order valence-corrected chi connectivity index (χ2v) is 4.81. The minimum absolute atomic E-state index is 0.141. The number of hydrogen-bond donors (Lipinski definition) is 1. The Morgan fingerprint density at radius 1 is 1.11 bits per heavy atom. The van der Waals surface area contributed by atoms with Gasteiger partial charge in [0.25, 0.3) is 0 Å². The lowest BCUT2D eigenvalue weighted by molar-refractivity contribution is -0.122. The average molecular weight is 247 g/mol. The van der Waals surface area contributed by atoms with E-state index < -0.39 is 0 Å². The molecule has 0 unspecified atom stereocenters. The predicted molar refractivity (Wildman–Crippen MR) is 67.1 cm³/mol. The molecule has 1 saturated carbocycles. The van der Waals surface area contributed by atoms with Gasteiger partial charge in [-0.3, -0.25) is 4.79 Å². The van der Waals surface area contributed by atoms with Crippen molar-refractivity contribution in [1.82, 2.24) is 0 Å². The summed E-state index contributed by atoms with van der Waals surface area (Å²) in [6.45, 7) is 1.29. The topological polar surface area (TPSA) is 47.6 Å². The van der Waals surface area contributed by atoms with Crippen molar-refractivity contribution in [2.45, 2.75) is 25.6 Å². The minimum atomic E-state index is -0.249. The summed E-state index contributed by atoms with van der Waals surface area (Å²) in [6, 6.07) is 7.67. The van der Waals surface area contributed by atoms with Gasteiger partial charge in [-0.2, -0.15) is 0 Å². The Kier molecular flexibility index (Phi) is 3.30. The number of anilines is 1. The zero-order valence-electron chi connectivity index (χ0n) is 10.2. The maximum atomic E-state index is 11.8. The lowest BCUT2D eigenvalue weighted by Crippen LogP contribution is -2.27. The average Bonchev–Trinajstić information content (AvgIpc) is 2.81. The van der Waals surface area contributed by atoms with Crippen molar-refractivity contribution in [3.63, 3.8) is 0 Å². The largest absolute Gasteiger partial charge is 0.346 e. The van der Waals surface area contributed by atoms with Gasteiger partial charge in [-0.15, -0.1) is 0 Å². The molecule has 1 saturated heterocycles. The van der Waals surface area contributed by atoms with Gasteiger partial charge >= 0.3 is 0 Å². The maximum absolute atomic E-state index is 11.8. The van der Waals surface area contributed by atoms with E-state index in [9.17, 15) is 4.79 Å². The molecular formula is C14H17NO3. The molecule has 96 valence electrons. The monoisotopic (exact) mass is 247 g/mol. The Morgan fingerprint density at radius 2 is 1.78 bits per heavy atom. The molecule has 1 aromatic carbocycles. The molecule has 1 aromatic rings. The van der Waals surface area contributed by atoms with Gasteiger partial charge < -0.3 is 14.8 Å². The van der Waals surface area contributed by atoms with E-state index in [1.54, 1.807) is 0 Å². The van der Waals surface area contributed by atoms with Gasteiger partial charge in [-0.05, 0) is 25.0 Å². The summed E-state index contributed by atoms with van der Waals surface area (Å²) in [5, 5.41) is 2.94. The van der Waals surface area contributed by atoms with E-state index >= 15 is 0 Å². The van der Waals surface area contributed by atoms with E-state index in [1.807, 2.05) is 24.3 Å². The van der Waals surface area contributed by atoms with E-state index in [0.717, 1.165) is 24.1 Å². The summed E-state index contributed by atoms with van der Waals surface area (Å²) in [6.07, 6.45) is 2.97. The Bertz CT molecular complexity index is 419. The molecule has 18 heavy (non-hydrogen) atoms. The van der Waals surface area contributed by atoms with Gasteiger partial charge in [0.15, 0.2) is 6.29 Å². The zero-order chi connectivity index (χ0) is 12.4. The molecular weight excluding hydrogens is 230 g/mol. The van der Waals surface area contributed by atoms with Gasteiger partial charge in [-0.25, -0.2) is 0 Å². The van der Waals surface area contributed by atoms with Crippen LogP contribution in [0.5, 0.6) is 0 Å². The lowest BCUT2D eigenvalue weighted by atomic mass is 9.85. The fourth-order valence-electron chi connectivity index (χ4n) is 2.19. The van der Waals surface area contributed by atoms with Crippen LogP contribution in [-0.4, -0.2) is 19.1 Å². The standard InChI is InChI=1S/C14H17NO3/c16-13(10-2-1-3-10)15-12-6-4-11(5-7-12)14-17-8-9-18-14/h4-7,10,14H,1-3,8-9H2,(H,15,16). The molecule has 0 spiro atoms. The fraction of sp³-hybridized carbons (Fsp3) is 0.500. The van der Waals surface area contributed by atoms with Crippen molar-refractivity contribution in [2.75, 3.05) is 18.5 Å². The van der Waals surface area contributed by atoms with Crippen molar-refractivity contribution in [3.8, 4) is 0 Å². The molecule has 4 heteroatoms. The van der Waals surface area contributed by atoms with Crippen LogP contribution in [0.1, 0.15) is 31.1 Å². The van der Waals surface area contributed by atoms with Crippen molar-refractivity contribution in [2.24, 2.45) is 5.92 Å². The van der Waals surface area contributed by atoms with Crippen molar-refractivity contribution < 1.29 is 14.3 Å². The van der Waals surface area contributed by atoms with Gasteiger partial charge in [-0.1, -0.05) is 18.6 Å². The van der Waals surface area contributed by atoms with Crippen LogP contribution in [0.2, 0.25) is 0 Å². The van der Waals surface area contributed by atoms with E-state index in [-0.39, 0.29) is 18.1 Å². The number of nitrogens with one attached hydrogen (secondary N) is 1. The van der Waals surface area contributed by atoms with Crippen LogP contribution in [0.3, 0.4) is 0 Å². The van der Waals surface area contributed by atoms with E-state index in [1.165, 1.54) is 6.42 Å². The number of carbonyl (C=O) groups excluding carboxylic acids is 1. The first kappa shape index (κ1) is 11.7. The number of rotatable bonds is 3. The highest BCUT2D eigenvalue weighted by molar-refractivity contribution is 5.92. The van der Waals surface area contributed by atoms with Crippen LogP contribution in [0.4, 0.5) is 5.69 Å². The predicted octanol–water partition coefficient (Wildman–Crippen LogP) is 2.47. The van der Waals surface area contributed by atoms with Crippen LogP contribution >= 0.6 is 0 Å². The molecule has 0 aromatic heterocycles. The molecule has 0 radical (unpaired) electrons. The number of amides is 1. The van der Waals surface area contributed by atoms with Crippen molar-refractivity contribution in [1.29, 1.82) is 0 Å². The second kappa shape index (κ2) is 5.08. The zero-order valence-corrected chi connectivity index (χ0v) is 10.2.